The third kappa shape index (κ3) is 6.53. The number of carbonyl (C=O) groups is 1. The van der Waals surface area contributed by atoms with Gasteiger partial charge in [-0.05, 0) is 44.5 Å². The minimum absolute atomic E-state index is 0. The first-order valence-electron chi connectivity index (χ1n) is 6.28. The summed E-state index contributed by atoms with van der Waals surface area (Å²) in [5, 5.41) is 3.22. The molecule has 1 N–H and O–H groups in total. The zero-order chi connectivity index (χ0) is 11.8. The fourth-order valence-corrected chi connectivity index (χ4v) is 2.86. The molecule has 1 aliphatic heterocycles. The molecule has 0 aromatic rings. The number of piperidine rings is 1. The van der Waals surface area contributed by atoms with E-state index in [1.54, 1.807) is 11.8 Å². The molecule has 0 bridgehead atoms. The van der Waals surface area contributed by atoms with Gasteiger partial charge in [-0.15, -0.1) is 12.4 Å². The first-order valence-corrected chi connectivity index (χ1v) is 7.43. The number of halogens is 1. The summed E-state index contributed by atoms with van der Waals surface area (Å²) in [6, 6.07) is 0. The Morgan fingerprint density at radius 1 is 1.41 bits per heavy atom. The van der Waals surface area contributed by atoms with Gasteiger partial charge in [-0.25, -0.2) is 0 Å². The molecule has 1 fully saturated rings. The number of hydrogen-bond donors (Lipinski definition) is 1. The lowest BCUT2D eigenvalue weighted by atomic mass is 9.97. The quantitative estimate of drug-likeness (QED) is 0.756. The summed E-state index contributed by atoms with van der Waals surface area (Å²) >= 11 is 1.76. The average molecular weight is 281 g/mol. The van der Waals surface area contributed by atoms with Crippen LogP contribution in [0.5, 0.6) is 0 Å². The number of likely N-dealkylation sites (tertiary alicyclic amines) is 1. The topological polar surface area (TPSA) is 32.3 Å². The molecule has 0 radical (unpaired) electrons. The summed E-state index contributed by atoms with van der Waals surface area (Å²) < 4.78 is 0. The Kier molecular flexibility index (Phi) is 10.1. The van der Waals surface area contributed by atoms with Gasteiger partial charge in [0.1, 0.15) is 0 Å². The van der Waals surface area contributed by atoms with E-state index < -0.39 is 0 Å². The van der Waals surface area contributed by atoms with Crippen LogP contribution in [-0.2, 0) is 4.79 Å². The summed E-state index contributed by atoms with van der Waals surface area (Å²) in [6.07, 6.45) is 3.47. The highest BCUT2D eigenvalue weighted by molar-refractivity contribution is 7.99. The van der Waals surface area contributed by atoms with E-state index in [1.807, 2.05) is 11.9 Å². The molecular formula is C12H25ClN2OS. The van der Waals surface area contributed by atoms with E-state index in [4.69, 9.17) is 0 Å². The van der Waals surface area contributed by atoms with Crippen LogP contribution in [-0.4, -0.2) is 49.0 Å². The first kappa shape index (κ1) is 17.1. The standard InChI is InChI=1S/C12H24N2OS.ClH/c1-3-8-16-10-12(15)14-6-4-11(5-7-14)9-13-2;/h11,13H,3-10H2,1-2H3;1H. The van der Waals surface area contributed by atoms with E-state index in [1.165, 1.54) is 0 Å². The Hall–Kier alpha value is 0.0700. The summed E-state index contributed by atoms with van der Waals surface area (Å²) in [6.45, 7) is 5.16. The lowest BCUT2D eigenvalue weighted by Crippen LogP contribution is -2.41. The third-order valence-corrected chi connectivity index (χ3v) is 4.18. The number of thioether (sulfide) groups is 1. The van der Waals surface area contributed by atoms with Crippen molar-refractivity contribution in [3.63, 3.8) is 0 Å². The molecule has 0 aromatic heterocycles. The van der Waals surface area contributed by atoms with Crippen molar-refractivity contribution in [3.8, 4) is 0 Å². The van der Waals surface area contributed by atoms with Gasteiger partial charge in [0.2, 0.25) is 5.91 Å². The Morgan fingerprint density at radius 2 is 2.06 bits per heavy atom. The predicted octanol–water partition coefficient (Wildman–Crippen LogP) is 2.01. The fraction of sp³-hybridized carbons (Fsp3) is 0.917. The second-order valence-corrected chi connectivity index (χ2v) is 5.54. The number of amides is 1. The Bertz CT molecular complexity index is 209. The average Bonchev–Trinajstić information content (AvgIpc) is 2.30. The van der Waals surface area contributed by atoms with Crippen LogP contribution in [0.3, 0.4) is 0 Å². The van der Waals surface area contributed by atoms with E-state index >= 15 is 0 Å². The maximum atomic E-state index is 11.8. The van der Waals surface area contributed by atoms with Crippen LogP contribution >= 0.6 is 24.2 Å². The van der Waals surface area contributed by atoms with Gasteiger partial charge >= 0.3 is 0 Å². The van der Waals surface area contributed by atoms with E-state index in [-0.39, 0.29) is 12.4 Å². The summed E-state index contributed by atoms with van der Waals surface area (Å²) in [5.74, 6) is 2.87. The van der Waals surface area contributed by atoms with E-state index in [9.17, 15) is 4.79 Å². The van der Waals surface area contributed by atoms with Crippen LogP contribution in [0.25, 0.3) is 0 Å². The van der Waals surface area contributed by atoms with Crippen molar-refractivity contribution < 1.29 is 4.79 Å². The molecule has 0 unspecified atom stereocenters. The smallest absolute Gasteiger partial charge is 0.232 e. The van der Waals surface area contributed by atoms with Crippen LogP contribution in [0, 0.1) is 5.92 Å². The summed E-state index contributed by atoms with van der Waals surface area (Å²) in [4.78, 5) is 13.9. The van der Waals surface area contributed by atoms with Crippen LogP contribution in [0.15, 0.2) is 0 Å². The minimum atomic E-state index is 0. The monoisotopic (exact) mass is 280 g/mol. The fourth-order valence-electron chi connectivity index (χ4n) is 2.07. The number of hydrogen-bond acceptors (Lipinski definition) is 3. The van der Waals surface area contributed by atoms with Gasteiger partial charge in [0, 0.05) is 13.1 Å². The number of rotatable bonds is 6. The molecule has 1 amide bonds. The Labute approximate surface area is 115 Å². The number of nitrogens with one attached hydrogen (secondary N) is 1. The van der Waals surface area contributed by atoms with Gasteiger partial charge in [-0.3, -0.25) is 4.79 Å². The largest absolute Gasteiger partial charge is 0.342 e. The third-order valence-electron chi connectivity index (χ3n) is 3.03. The van der Waals surface area contributed by atoms with Crippen molar-refractivity contribution in [3.05, 3.63) is 0 Å². The molecule has 1 rings (SSSR count). The molecule has 102 valence electrons. The lowest BCUT2D eigenvalue weighted by molar-refractivity contribution is -0.129. The van der Waals surface area contributed by atoms with Crippen LogP contribution < -0.4 is 5.32 Å². The molecule has 0 spiro atoms. The molecule has 1 heterocycles. The van der Waals surface area contributed by atoms with Gasteiger partial charge in [0.25, 0.3) is 0 Å². The molecule has 0 aromatic carbocycles. The minimum Gasteiger partial charge on any atom is -0.342 e. The second-order valence-electron chi connectivity index (χ2n) is 4.43. The molecule has 3 nitrogen and oxygen atoms in total. The van der Waals surface area contributed by atoms with E-state index in [0.717, 1.165) is 50.6 Å². The van der Waals surface area contributed by atoms with E-state index in [0.29, 0.717) is 11.7 Å². The van der Waals surface area contributed by atoms with Crippen molar-refractivity contribution in [1.29, 1.82) is 0 Å². The Balaban J connectivity index is 0.00000256. The molecule has 5 heteroatoms. The summed E-state index contributed by atoms with van der Waals surface area (Å²) in [5.41, 5.74) is 0. The number of carbonyl (C=O) groups excluding carboxylic acids is 1. The normalized spacial score (nSPS) is 16.7. The SMILES string of the molecule is CCCSCC(=O)N1CCC(CNC)CC1.Cl. The van der Waals surface area contributed by atoms with Crippen LogP contribution in [0.2, 0.25) is 0 Å². The van der Waals surface area contributed by atoms with Crippen molar-refractivity contribution in [2.24, 2.45) is 5.92 Å². The van der Waals surface area contributed by atoms with Crippen molar-refractivity contribution in [1.82, 2.24) is 10.2 Å². The highest BCUT2D eigenvalue weighted by Crippen LogP contribution is 2.17. The van der Waals surface area contributed by atoms with Crippen molar-refractivity contribution >= 4 is 30.1 Å². The molecule has 0 aliphatic carbocycles. The van der Waals surface area contributed by atoms with E-state index in [2.05, 4.69) is 12.2 Å². The van der Waals surface area contributed by atoms with Gasteiger partial charge in [0.15, 0.2) is 0 Å². The van der Waals surface area contributed by atoms with Crippen LogP contribution in [0.1, 0.15) is 26.2 Å². The first-order chi connectivity index (χ1) is 7.77. The zero-order valence-corrected chi connectivity index (χ0v) is 12.5. The van der Waals surface area contributed by atoms with Crippen molar-refractivity contribution in [2.45, 2.75) is 26.2 Å². The molecule has 1 saturated heterocycles. The number of nitrogens with zero attached hydrogens (tertiary/aromatic N) is 1. The molecular weight excluding hydrogens is 256 g/mol. The Morgan fingerprint density at radius 3 is 2.59 bits per heavy atom. The van der Waals surface area contributed by atoms with Gasteiger partial charge in [-0.2, -0.15) is 11.8 Å². The highest BCUT2D eigenvalue weighted by Gasteiger charge is 2.21. The van der Waals surface area contributed by atoms with Crippen LogP contribution in [0.4, 0.5) is 0 Å². The van der Waals surface area contributed by atoms with Crippen molar-refractivity contribution in [2.75, 3.05) is 38.2 Å². The maximum absolute atomic E-state index is 11.8. The molecule has 1 aliphatic rings. The molecule has 0 saturated carbocycles. The predicted molar refractivity (Wildman–Crippen MR) is 78.1 cm³/mol. The maximum Gasteiger partial charge on any atom is 0.232 e. The van der Waals surface area contributed by atoms with Gasteiger partial charge in [-0.1, -0.05) is 6.92 Å². The zero-order valence-electron chi connectivity index (χ0n) is 10.9. The second kappa shape index (κ2) is 10.0. The lowest BCUT2D eigenvalue weighted by Gasteiger charge is -2.31. The molecule has 17 heavy (non-hydrogen) atoms. The van der Waals surface area contributed by atoms with Gasteiger partial charge < -0.3 is 10.2 Å². The summed E-state index contributed by atoms with van der Waals surface area (Å²) in [7, 11) is 2.00. The molecule has 0 atom stereocenters. The highest BCUT2D eigenvalue weighted by atomic mass is 35.5. The van der Waals surface area contributed by atoms with Gasteiger partial charge in [0.05, 0.1) is 5.75 Å².